The van der Waals surface area contributed by atoms with Crippen molar-refractivity contribution in [1.29, 1.82) is 0 Å². The minimum Gasteiger partial charge on any atom is -0.497 e. The summed E-state index contributed by atoms with van der Waals surface area (Å²) in [5.41, 5.74) is 3.17. The van der Waals surface area contributed by atoms with Crippen LogP contribution in [0, 0.1) is 11.8 Å². The lowest BCUT2D eigenvalue weighted by atomic mass is 9.70. The number of aliphatic hydroxyl groups is 1. The molecule has 0 spiro atoms. The third-order valence-electron chi connectivity index (χ3n) is 9.80. The number of hydrogen-bond acceptors (Lipinski definition) is 8. The number of nitrogens with zero attached hydrogens (tertiary/aromatic N) is 2. The van der Waals surface area contributed by atoms with E-state index in [0.29, 0.717) is 59.8 Å². The van der Waals surface area contributed by atoms with Crippen LogP contribution in [0.4, 0.5) is 5.69 Å². The fourth-order valence-electron chi connectivity index (χ4n) is 6.69. The summed E-state index contributed by atoms with van der Waals surface area (Å²) in [7, 11) is -0.837. The van der Waals surface area contributed by atoms with Gasteiger partial charge < -0.3 is 29.0 Å². The molecular formula is C40H45ClN2O7S. The predicted octanol–water partition coefficient (Wildman–Crippen LogP) is 7.49. The quantitative estimate of drug-likeness (QED) is 0.150. The fraction of sp³-hybridized carbons (Fsp3) is 0.350. The molecule has 6 rings (SSSR count). The molecule has 4 aromatic rings. The molecule has 1 heterocycles. The normalized spacial score (nSPS) is 18.2. The molecule has 0 unspecified atom stereocenters. The predicted molar refractivity (Wildman–Crippen MR) is 199 cm³/mol. The Balaban J connectivity index is 1.38. The molecule has 11 heteroatoms. The van der Waals surface area contributed by atoms with Crippen LogP contribution in [-0.2, 0) is 29.7 Å². The number of ether oxygens (including phenoxy) is 4. The van der Waals surface area contributed by atoms with Crippen molar-refractivity contribution >= 4 is 27.3 Å². The number of sulfonamides is 1. The summed E-state index contributed by atoms with van der Waals surface area (Å²) in [6.45, 7) is 5.96. The average Bonchev–Trinajstić information content (AvgIpc) is 3.16. The summed E-state index contributed by atoms with van der Waals surface area (Å²) in [4.78, 5) is 2.34. The van der Waals surface area contributed by atoms with Crippen molar-refractivity contribution in [3.8, 4) is 23.0 Å². The molecule has 0 aromatic heterocycles. The van der Waals surface area contributed by atoms with Gasteiger partial charge in [0.05, 0.1) is 37.5 Å². The maximum absolute atomic E-state index is 14.7. The van der Waals surface area contributed by atoms with Gasteiger partial charge in [0, 0.05) is 36.8 Å². The Kier molecular flexibility index (Phi) is 11.8. The van der Waals surface area contributed by atoms with Gasteiger partial charge in [-0.2, -0.15) is 4.31 Å². The van der Waals surface area contributed by atoms with Crippen LogP contribution in [0.1, 0.15) is 36.0 Å². The Hall–Kier alpha value is -4.22. The van der Waals surface area contributed by atoms with Gasteiger partial charge in [-0.3, -0.25) is 0 Å². The van der Waals surface area contributed by atoms with Crippen molar-refractivity contribution < 1.29 is 32.5 Å². The number of rotatable bonds is 12. The highest BCUT2D eigenvalue weighted by atomic mass is 35.5. The molecule has 0 saturated heterocycles. The summed E-state index contributed by atoms with van der Waals surface area (Å²) in [6, 6.07) is 25.4. The van der Waals surface area contributed by atoms with Gasteiger partial charge in [0.2, 0.25) is 10.0 Å². The maximum Gasteiger partial charge on any atom is 0.243 e. The number of halogens is 1. The topological polar surface area (TPSA) is 97.8 Å². The Morgan fingerprint density at radius 2 is 1.59 bits per heavy atom. The van der Waals surface area contributed by atoms with Gasteiger partial charge in [-0.1, -0.05) is 48.0 Å². The van der Waals surface area contributed by atoms with Crippen molar-refractivity contribution in [1.82, 2.24) is 4.31 Å². The van der Waals surface area contributed by atoms with Crippen molar-refractivity contribution in [3.63, 3.8) is 0 Å². The Labute approximate surface area is 306 Å². The monoisotopic (exact) mass is 732 g/mol. The first-order chi connectivity index (χ1) is 24.7. The van der Waals surface area contributed by atoms with Crippen LogP contribution >= 0.6 is 11.6 Å². The SMILES string of the molecule is C=C[C@H](O)[C@@H]1CC[C@H]1CN1CCCOc2cc(Cl)ccc2COc2ccc(S(=O)(=O)N(Cc3ccc(OC)cc3)Cc3ccc(OC)cc3)cc21. The average molecular weight is 733 g/mol. The number of hydrogen-bond donors (Lipinski definition) is 1. The van der Waals surface area contributed by atoms with E-state index >= 15 is 0 Å². The molecular weight excluding hydrogens is 688 g/mol. The molecule has 0 radical (unpaired) electrons. The smallest absolute Gasteiger partial charge is 0.243 e. The zero-order valence-corrected chi connectivity index (χ0v) is 30.6. The summed E-state index contributed by atoms with van der Waals surface area (Å²) in [5.74, 6) is 2.90. The van der Waals surface area contributed by atoms with Crippen LogP contribution in [0.25, 0.3) is 0 Å². The molecule has 1 fully saturated rings. The first-order valence-corrected chi connectivity index (χ1v) is 19.0. The van der Waals surface area contributed by atoms with Crippen LogP contribution in [0.2, 0.25) is 5.02 Å². The van der Waals surface area contributed by atoms with Crippen LogP contribution < -0.4 is 23.8 Å². The highest BCUT2D eigenvalue weighted by molar-refractivity contribution is 7.89. The Bertz CT molecular complexity index is 1850. The third-order valence-corrected chi connectivity index (χ3v) is 11.8. The number of benzene rings is 4. The molecule has 3 atom stereocenters. The molecule has 270 valence electrons. The lowest BCUT2D eigenvalue weighted by molar-refractivity contribution is 0.0464. The molecule has 4 aromatic carbocycles. The third kappa shape index (κ3) is 8.64. The van der Waals surface area contributed by atoms with Gasteiger partial charge >= 0.3 is 0 Å². The highest BCUT2D eigenvalue weighted by Gasteiger charge is 2.37. The first kappa shape index (κ1) is 36.6. The van der Waals surface area contributed by atoms with Gasteiger partial charge in [0.25, 0.3) is 0 Å². The number of anilines is 1. The van der Waals surface area contributed by atoms with Crippen molar-refractivity contribution in [2.24, 2.45) is 11.8 Å². The second kappa shape index (κ2) is 16.4. The molecule has 1 aliphatic heterocycles. The van der Waals surface area contributed by atoms with Gasteiger partial charge in [0.15, 0.2) is 0 Å². The minimum absolute atomic E-state index is 0.0871. The second-order valence-corrected chi connectivity index (χ2v) is 15.4. The molecule has 1 saturated carbocycles. The molecule has 2 aliphatic rings. The zero-order valence-electron chi connectivity index (χ0n) is 29.0. The molecule has 1 N–H and O–H groups in total. The maximum atomic E-state index is 14.7. The van der Waals surface area contributed by atoms with Crippen molar-refractivity contribution in [3.05, 3.63) is 119 Å². The van der Waals surface area contributed by atoms with Crippen LogP contribution in [0.15, 0.2) is 102 Å². The van der Waals surface area contributed by atoms with Crippen LogP contribution in [-0.4, -0.2) is 57.8 Å². The zero-order chi connectivity index (χ0) is 36.0. The van der Waals surface area contributed by atoms with Gasteiger partial charge in [-0.25, -0.2) is 8.42 Å². The summed E-state index contributed by atoms with van der Waals surface area (Å²) >= 11 is 6.30. The van der Waals surface area contributed by atoms with E-state index < -0.39 is 16.1 Å². The van der Waals surface area contributed by atoms with Crippen LogP contribution in [0.5, 0.6) is 23.0 Å². The van der Waals surface area contributed by atoms with E-state index in [1.807, 2.05) is 54.6 Å². The minimum atomic E-state index is -4.04. The van der Waals surface area contributed by atoms with E-state index in [-0.39, 0.29) is 36.4 Å². The van der Waals surface area contributed by atoms with E-state index in [9.17, 15) is 13.5 Å². The Morgan fingerprint density at radius 1 is 0.922 bits per heavy atom. The summed E-state index contributed by atoms with van der Waals surface area (Å²) in [5, 5.41) is 11.2. The van der Waals surface area contributed by atoms with E-state index in [1.165, 1.54) is 4.31 Å². The van der Waals surface area contributed by atoms with Crippen molar-refractivity contribution in [2.75, 3.05) is 38.8 Å². The first-order valence-electron chi connectivity index (χ1n) is 17.2. The molecule has 9 nitrogen and oxygen atoms in total. The van der Waals surface area contributed by atoms with E-state index in [1.54, 1.807) is 50.6 Å². The Morgan fingerprint density at radius 3 is 2.18 bits per heavy atom. The van der Waals surface area contributed by atoms with Gasteiger partial charge in [-0.15, -0.1) is 6.58 Å². The standard InChI is InChI=1S/C40H45ClN2O7S/c1-4-38(44)36-18-11-30(36)26-42-20-5-21-49-40-22-32(41)12-10-31(40)27-50-39-19-17-35(23-37(39)42)51(45,46)43(24-28-6-13-33(47-2)14-7-28)25-29-8-15-34(48-3)16-9-29/h4,6-10,12-17,19,22-23,30,36,38,44H,1,5,11,18,20-21,24-27H2,2-3H3/t30-,36+,38-/m0/s1. The molecule has 1 aliphatic carbocycles. The lowest BCUT2D eigenvalue weighted by Crippen LogP contribution is -2.43. The van der Waals surface area contributed by atoms with Crippen LogP contribution in [0.3, 0.4) is 0 Å². The van der Waals surface area contributed by atoms with E-state index in [4.69, 9.17) is 30.5 Å². The summed E-state index contributed by atoms with van der Waals surface area (Å²) < 4.78 is 54.2. The second-order valence-electron chi connectivity index (χ2n) is 13.0. The molecule has 51 heavy (non-hydrogen) atoms. The van der Waals surface area contributed by atoms with E-state index in [2.05, 4.69) is 11.5 Å². The molecule has 0 amide bonds. The molecule has 0 bridgehead atoms. The van der Waals surface area contributed by atoms with Gasteiger partial charge in [0.1, 0.15) is 29.6 Å². The van der Waals surface area contributed by atoms with E-state index in [0.717, 1.165) is 29.5 Å². The largest absolute Gasteiger partial charge is 0.497 e. The van der Waals surface area contributed by atoms with Gasteiger partial charge in [-0.05, 0) is 96.8 Å². The number of methoxy groups -OCH3 is 2. The fourth-order valence-corrected chi connectivity index (χ4v) is 8.28. The highest BCUT2D eigenvalue weighted by Crippen LogP contribution is 2.41. The number of aliphatic hydroxyl groups excluding tert-OH is 1. The lowest BCUT2D eigenvalue weighted by Gasteiger charge is -2.42. The summed E-state index contributed by atoms with van der Waals surface area (Å²) in [6.07, 6.45) is 3.54. The number of fused-ring (bicyclic) bond motifs is 2. The van der Waals surface area contributed by atoms with Crippen molar-refractivity contribution in [2.45, 2.75) is 50.0 Å².